The number of nitrogens with zero attached hydrogens (tertiary/aromatic N) is 2. The molecule has 0 unspecified atom stereocenters. The van der Waals surface area contributed by atoms with E-state index < -0.39 is 11.7 Å². The first kappa shape index (κ1) is 21.3. The summed E-state index contributed by atoms with van der Waals surface area (Å²) in [5, 5.41) is 4.37. The molecule has 0 radical (unpaired) electrons. The van der Waals surface area contributed by atoms with E-state index in [1.54, 1.807) is 48.9 Å². The van der Waals surface area contributed by atoms with Crippen LogP contribution in [0.3, 0.4) is 0 Å². The lowest BCUT2D eigenvalue weighted by Gasteiger charge is -2.14. The van der Waals surface area contributed by atoms with Crippen LogP contribution in [0.2, 0.25) is 0 Å². The third kappa shape index (κ3) is 4.69. The van der Waals surface area contributed by atoms with Crippen LogP contribution in [0.4, 0.5) is 13.2 Å². The molecule has 0 bridgehead atoms. The molecule has 162 valence electrons. The zero-order valence-corrected chi connectivity index (χ0v) is 16.9. The predicted molar refractivity (Wildman–Crippen MR) is 113 cm³/mol. The number of rotatable bonds is 5. The van der Waals surface area contributed by atoms with Crippen molar-refractivity contribution in [3.63, 3.8) is 0 Å². The fraction of sp³-hybridized carbons (Fsp3) is 0.125. The van der Waals surface area contributed by atoms with Crippen molar-refractivity contribution in [2.75, 3.05) is 0 Å². The Balaban J connectivity index is 1.54. The SMILES string of the molecule is C[C@@H](NC(=O)c1ccc2c(Oc3ccc(C(F)(F)F)cc3)cccc2c1)c1cnccn1. The maximum Gasteiger partial charge on any atom is 0.416 e. The number of carbonyl (C=O) groups is 1. The van der Waals surface area contributed by atoms with Crippen molar-refractivity contribution >= 4 is 16.7 Å². The van der Waals surface area contributed by atoms with Gasteiger partial charge < -0.3 is 10.1 Å². The molecule has 4 aromatic rings. The average Bonchev–Trinajstić information content (AvgIpc) is 2.79. The Morgan fingerprint density at radius 1 is 1.03 bits per heavy atom. The quantitative estimate of drug-likeness (QED) is 0.420. The molecule has 5 nitrogen and oxygen atoms in total. The normalized spacial score (nSPS) is 12.4. The van der Waals surface area contributed by atoms with Crippen molar-refractivity contribution in [3.8, 4) is 11.5 Å². The molecule has 1 N–H and O–H groups in total. The first-order valence-electron chi connectivity index (χ1n) is 9.76. The second kappa shape index (κ2) is 8.66. The van der Waals surface area contributed by atoms with Crippen LogP contribution in [0, 0.1) is 0 Å². The van der Waals surface area contributed by atoms with E-state index in [-0.39, 0.29) is 17.7 Å². The molecule has 8 heteroatoms. The molecule has 32 heavy (non-hydrogen) atoms. The molecule has 0 spiro atoms. The molecule has 0 saturated heterocycles. The van der Waals surface area contributed by atoms with Crippen LogP contribution >= 0.6 is 0 Å². The lowest BCUT2D eigenvalue weighted by atomic mass is 10.1. The Hall–Kier alpha value is -3.94. The van der Waals surface area contributed by atoms with Crippen LogP contribution < -0.4 is 10.1 Å². The van der Waals surface area contributed by atoms with E-state index in [2.05, 4.69) is 15.3 Å². The van der Waals surface area contributed by atoms with Crippen LogP contribution in [-0.2, 0) is 6.18 Å². The monoisotopic (exact) mass is 437 g/mol. The topological polar surface area (TPSA) is 64.1 Å². The number of hydrogen-bond donors (Lipinski definition) is 1. The number of benzene rings is 3. The molecule has 4 rings (SSSR count). The van der Waals surface area contributed by atoms with E-state index in [4.69, 9.17) is 4.74 Å². The van der Waals surface area contributed by atoms with E-state index >= 15 is 0 Å². The summed E-state index contributed by atoms with van der Waals surface area (Å²) in [6.07, 6.45) is 0.313. The summed E-state index contributed by atoms with van der Waals surface area (Å²) in [6, 6.07) is 14.6. The van der Waals surface area contributed by atoms with Crippen LogP contribution in [0.15, 0.2) is 79.3 Å². The average molecular weight is 437 g/mol. The van der Waals surface area contributed by atoms with Crippen molar-refractivity contribution in [3.05, 3.63) is 96.1 Å². The number of alkyl halides is 3. The molecule has 1 atom stereocenters. The highest BCUT2D eigenvalue weighted by Crippen LogP contribution is 2.33. The van der Waals surface area contributed by atoms with Crippen molar-refractivity contribution in [2.24, 2.45) is 0 Å². The largest absolute Gasteiger partial charge is 0.457 e. The Bertz CT molecular complexity index is 1240. The molecule has 0 aliphatic rings. The molecule has 0 aliphatic heterocycles. The van der Waals surface area contributed by atoms with Gasteiger partial charge in [-0.3, -0.25) is 14.8 Å². The minimum absolute atomic E-state index is 0.265. The van der Waals surface area contributed by atoms with Crippen molar-refractivity contribution in [1.82, 2.24) is 15.3 Å². The molecule has 3 aromatic carbocycles. The molecule has 0 fully saturated rings. The number of hydrogen-bond acceptors (Lipinski definition) is 4. The summed E-state index contributed by atoms with van der Waals surface area (Å²) in [6.45, 7) is 1.82. The summed E-state index contributed by atoms with van der Waals surface area (Å²) in [7, 11) is 0. The summed E-state index contributed by atoms with van der Waals surface area (Å²) >= 11 is 0. The van der Waals surface area contributed by atoms with Gasteiger partial charge in [0.2, 0.25) is 0 Å². The molecule has 1 amide bonds. The smallest absolute Gasteiger partial charge is 0.416 e. The van der Waals surface area contributed by atoms with Crippen molar-refractivity contribution in [1.29, 1.82) is 0 Å². The van der Waals surface area contributed by atoms with Crippen LogP contribution in [0.25, 0.3) is 10.8 Å². The van der Waals surface area contributed by atoms with Gasteiger partial charge in [-0.15, -0.1) is 0 Å². The number of nitrogens with one attached hydrogen (secondary N) is 1. The van der Waals surface area contributed by atoms with Gasteiger partial charge in [0, 0.05) is 23.3 Å². The summed E-state index contributed by atoms with van der Waals surface area (Å²) in [5.74, 6) is 0.492. The lowest BCUT2D eigenvalue weighted by molar-refractivity contribution is -0.137. The van der Waals surface area contributed by atoms with E-state index in [0.29, 0.717) is 17.0 Å². The van der Waals surface area contributed by atoms with Crippen molar-refractivity contribution < 1.29 is 22.7 Å². The predicted octanol–water partition coefficient (Wildman–Crippen LogP) is 5.93. The summed E-state index contributed by atoms with van der Waals surface area (Å²) in [4.78, 5) is 20.9. The number of aromatic nitrogens is 2. The standard InChI is InChI=1S/C24H18F3N3O2/c1-15(21-14-28-11-12-29-21)30-23(31)17-5-10-20-16(13-17)3-2-4-22(20)32-19-8-6-18(7-9-19)24(25,26)27/h2-15H,1H3,(H,30,31)/t15-/m1/s1. The van der Waals surface area contributed by atoms with E-state index in [1.165, 1.54) is 12.1 Å². The van der Waals surface area contributed by atoms with Crippen LogP contribution in [0.5, 0.6) is 11.5 Å². The Morgan fingerprint density at radius 3 is 2.50 bits per heavy atom. The molecule has 0 aliphatic carbocycles. The summed E-state index contributed by atoms with van der Waals surface area (Å²) in [5.41, 5.74) is 0.364. The highest BCUT2D eigenvalue weighted by Gasteiger charge is 2.30. The molecular weight excluding hydrogens is 419 g/mol. The van der Waals surface area contributed by atoms with Gasteiger partial charge in [0.15, 0.2) is 0 Å². The Kier molecular flexibility index (Phi) is 5.77. The van der Waals surface area contributed by atoms with Gasteiger partial charge in [-0.1, -0.05) is 12.1 Å². The highest BCUT2D eigenvalue weighted by molar-refractivity contribution is 6.00. The number of halogens is 3. The van der Waals surface area contributed by atoms with Gasteiger partial charge in [0.1, 0.15) is 11.5 Å². The molecular formula is C24H18F3N3O2. The fourth-order valence-corrected chi connectivity index (χ4v) is 3.21. The Morgan fingerprint density at radius 2 is 1.81 bits per heavy atom. The maximum absolute atomic E-state index is 12.8. The maximum atomic E-state index is 12.8. The summed E-state index contributed by atoms with van der Waals surface area (Å²) < 4.78 is 44.1. The van der Waals surface area contributed by atoms with Crippen LogP contribution in [-0.4, -0.2) is 15.9 Å². The first-order valence-corrected chi connectivity index (χ1v) is 9.76. The second-order valence-corrected chi connectivity index (χ2v) is 7.14. The minimum Gasteiger partial charge on any atom is -0.457 e. The van der Waals surface area contributed by atoms with Crippen molar-refractivity contribution in [2.45, 2.75) is 19.1 Å². The van der Waals surface area contributed by atoms with Gasteiger partial charge in [0.25, 0.3) is 5.91 Å². The lowest BCUT2D eigenvalue weighted by Crippen LogP contribution is -2.27. The minimum atomic E-state index is -4.40. The number of ether oxygens (including phenoxy) is 1. The van der Waals surface area contributed by atoms with Gasteiger partial charge in [0.05, 0.1) is 23.5 Å². The molecule has 0 saturated carbocycles. The van der Waals surface area contributed by atoms with E-state index in [9.17, 15) is 18.0 Å². The fourth-order valence-electron chi connectivity index (χ4n) is 3.21. The first-order chi connectivity index (χ1) is 15.3. The van der Waals surface area contributed by atoms with Gasteiger partial charge in [-0.05, 0) is 60.8 Å². The van der Waals surface area contributed by atoms with Crippen LogP contribution in [0.1, 0.15) is 34.6 Å². The second-order valence-electron chi connectivity index (χ2n) is 7.14. The number of carbonyl (C=O) groups excluding carboxylic acids is 1. The van der Waals surface area contributed by atoms with Gasteiger partial charge >= 0.3 is 6.18 Å². The zero-order chi connectivity index (χ0) is 22.7. The highest BCUT2D eigenvalue weighted by atomic mass is 19.4. The van der Waals surface area contributed by atoms with E-state index in [0.717, 1.165) is 22.9 Å². The molecule has 1 aromatic heterocycles. The number of amides is 1. The molecule has 1 heterocycles. The third-order valence-electron chi connectivity index (χ3n) is 4.89. The van der Waals surface area contributed by atoms with E-state index in [1.807, 2.05) is 13.0 Å². The Labute approximate surface area is 181 Å². The van der Waals surface area contributed by atoms with Gasteiger partial charge in [-0.2, -0.15) is 13.2 Å². The third-order valence-corrected chi connectivity index (χ3v) is 4.89. The zero-order valence-electron chi connectivity index (χ0n) is 16.9. The number of fused-ring (bicyclic) bond motifs is 1. The van der Waals surface area contributed by atoms with Gasteiger partial charge in [-0.25, -0.2) is 0 Å².